The van der Waals surface area contributed by atoms with Crippen molar-refractivity contribution in [1.82, 2.24) is 0 Å². The quantitative estimate of drug-likeness (QED) is 0.793. The fraction of sp³-hybridized carbons (Fsp3) is 0.176. The van der Waals surface area contributed by atoms with Gasteiger partial charge in [0, 0.05) is 5.02 Å². The Morgan fingerprint density at radius 3 is 2.36 bits per heavy atom. The van der Waals surface area contributed by atoms with E-state index in [1.165, 1.54) is 26.4 Å². The standard InChI is InChI=1S/C17H15ClFNO5/c1-23-13-4-3-5-14(24-2)16(13)17(22)25-9-15(21)20-12-8-10(18)6-7-11(12)19/h3-8H,9H2,1-2H3,(H,20,21). The lowest BCUT2D eigenvalue weighted by molar-refractivity contribution is -0.119. The molecule has 0 bridgehead atoms. The number of nitrogens with one attached hydrogen (secondary N) is 1. The Labute approximate surface area is 148 Å². The highest BCUT2D eigenvalue weighted by molar-refractivity contribution is 6.30. The average molecular weight is 368 g/mol. The molecule has 0 fully saturated rings. The fourth-order valence-electron chi connectivity index (χ4n) is 2.04. The predicted octanol–water partition coefficient (Wildman–Crippen LogP) is 3.29. The fourth-order valence-corrected chi connectivity index (χ4v) is 2.21. The number of benzene rings is 2. The number of esters is 1. The highest BCUT2D eigenvalue weighted by Crippen LogP contribution is 2.28. The van der Waals surface area contributed by atoms with Gasteiger partial charge in [-0.1, -0.05) is 17.7 Å². The van der Waals surface area contributed by atoms with Crippen molar-refractivity contribution in [3.63, 3.8) is 0 Å². The highest BCUT2D eigenvalue weighted by atomic mass is 35.5. The second kappa shape index (κ2) is 8.34. The van der Waals surface area contributed by atoms with Crippen LogP contribution >= 0.6 is 11.6 Å². The van der Waals surface area contributed by atoms with E-state index in [0.29, 0.717) is 0 Å². The Balaban J connectivity index is 2.05. The van der Waals surface area contributed by atoms with Gasteiger partial charge in [-0.3, -0.25) is 4.79 Å². The molecule has 0 aliphatic carbocycles. The minimum Gasteiger partial charge on any atom is -0.496 e. The SMILES string of the molecule is COc1cccc(OC)c1C(=O)OCC(=O)Nc1cc(Cl)ccc1F. The lowest BCUT2D eigenvalue weighted by atomic mass is 10.2. The summed E-state index contributed by atoms with van der Waals surface area (Å²) in [6, 6.07) is 8.47. The monoisotopic (exact) mass is 367 g/mol. The number of methoxy groups -OCH3 is 2. The zero-order chi connectivity index (χ0) is 18.4. The molecule has 8 heteroatoms. The summed E-state index contributed by atoms with van der Waals surface area (Å²) in [5.41, 5.74) is -0.0577. The maximum Gasteiger partial charge on any atom is 0.346 e. The van der Waals surface area contributed by atoms with E-state index in [0.717, 1.165) is 6.07 Å². The van der Waals surface area contributed by atoms with E-state index in [1.807, 2.05) is 0 Å². The summed E-state index contributed by atoms with van der Waals surface area (Å²) in [4.78, 5) is 24.1. The molecule has 0 radical (unpaired) electrons. The van der Waals surface area contributed by atoms with E-state index in [9.17, 15) is 14.0 Å². The zero-order valence-corrected chi connectivity index (χ0v) is 14.2. The minimum absolute atomic E-state index is 0.0502. The van der Waals surface area contributed by atoms with Crippen LogP contribution in [0.1, 0.15) is 10.4 Å². The van der Waals surface area contributed by atoms with Gasteiger partial charge < -0.3 is 19.5 Å². The molecule has 132 valence electrons. The molecule has 1 amide bonds. The second-order valence-electron chi connectivity index (χ2n) is 4.79. The van der Waals surface area contributed by atoms with Crippen molar-refractivity contribution in [1.29, 1.82) is 0 Å². The number of ether oxygens (including phenoxy) is 3. The molecule has 0 aromatic heterocycles. The van der Waals surface area contributed by atoms with Gasteiger partial charge in [-0.05, 0) is 30.3 Å². The van der Waals surface area contributed by atoms with Gasteiger partial charge in [-0.25, -0.2) is 9.18 Å². The number of carbonyl (C=O) groups is 2. The first-order valence-electron chi connectivity index (χ1n) is 7.09. The number of halogens is 2. The number of hydrogen-bond donors (Lipinski definition) is 1. The van der Waals surface area contributed by atoms with E-state index in [1.54, 1.807) is 18.2 Å². The van der Waals surface area contributed by atoms with Gasteiger partial charge in [0.15, 0.2) is 6.61 Å². The van der Waals surface area contributed by atoms with Crippen molar-refractivity contribution in [2.24, 2.45) is 0 Å². The molecule has 0 atom stereocenters. The first kappa shape index (κ1) is 18.5. The molecule has 0 aliphatic heterocycles. The van der Waals surface area contributed by atoms with E-state index < -0.39 is 24.3 Å². The first-order chi connectivity index (χ1) is 12.0. The van der Waals surface area contributed by atoms with Crippen molar-refractivity contribution in [3.05, 3.63) is 52.8 Å². The molecular formula is C17H15ClFNO5. The minimum atomic E-state index is -0.809. The Morgan fingerprint density at radius 1 is 1.12 bits per heavy atom. The van der Waals surface area contributed by atoms with Gasteiger partial charge in [0.05, 0.1) is 19.9 Å². The normalized spacial score (nSPS) is 10.1. The Morgan fingerprint density at radius 2 is 1.76 bits per heavy atom. The van der Waals surface area contributed by atoms with Crippen LogP contribution in [-0.2, 0) is 9.53 Å². The summed E-state index contributed by atoms with van der Waals surface area (Å²) >= 11 is 5.74. The van der Waals surface area contributed by atoms with Crippen molar-refractivity contribution in [3.8, 4) is 11.5 Å². The third-order valence-corrected chi connectivity index (χ3v) is 3.40. The Kier molecular flexibility index (Phi) is 6.19. The van der Waals surface area contributed by atoms with Crippen LogP contribution in [0.15, 0.2) is 36.4 Å². The van der Waals surface area contributed by atoms with Crippen LogP contribution < -0.4 is 14.8 Å². The lowest BCUT2D eigenvalue weighted by Gasteiger charge is -2.12. The summed E-state index contributed by atoms with van der Waals surface area (Å²) < 4.78 is 28.7. The van der Waals surface area contributed by atoms with Gasteiger partial charge in [0.1, 0.15) is 22.9 Å². The third kappa shape index (κ3) is 4.60. The summed E-state index contributed by atoms with van der Waals surface area (Å²) in [7, 11) is 2.78. The van der Waals surface area contributed by atoms with Crippen LogP contribution in [-0.4, -0.2) is 32.7 Å². The van der Waals surface area contributed by atoms with Crippen LogP contribution in [0.3, 0.4) is 0 Å². The number of hydrogen-bond acceptors (Lipinski definition) is 5. The molecule has 0 unspecified atom stereocenters. The third-order valence-electron chi connectivity index (χ3n) is 3.17. The van der Waals surface area contributed by atoms with Crippen LogP contribution in [0.2, 0.25) is 5.02 Å². The summed E-state index contributed by atoms with van der Waals surface area (Å²) in [6.07, 6.45) is 0. The van der Waals surface area contributed by atoms with E-state index in [2.05, 4.69) is 5.32 Å². The Bertz CT molecular complexity index is 774. The molecule has 2 rings (SSSR count). The molecule has 6 nitrogen and oxygen atoms in total. The maximum absolute atomic E-state index is 13.6. The van der Waals surface area contributed by atoms with Crippen molar-refractivity contribution in [2.75, 3.05) is 26.1 Å². The van der Waals surface area contributed by atoms with Gasteiger partial charge in [0.25, 0.3) is 5.91 Å². The molecule has 0 saturated heterocycles. The molecule has 25 heavy (non-hydrogen) atoms. The molecule has 0 saturated carbocycles. The predicted molar refractivity (Wildman–Crippen MR) is 89.9 cm³/mol. The van der Waals surface area contributed by atoms with Crippen LogP contribution in [0.5, 0.6) is 11.5 Å². The highest BCUT2D eigenvalue weighted by Gasteiger charge is 2.20. The zero-order valence-electron chi connectivity index (χ0n) is 13.5. The van der Waals surface area contributed by atoms with E-state index in [-0.39, 0.29) is 27.8 Å². The molecule has 2 aromatic rings. The molecule has 0 aliphatic rings. The van der Waals surface area contributed by atoms with Crippen molar-refractivity contribution < 1.29 is 28.2 Å². The number of anilines is 1. The molecule has 2 aromatic carbocycles. The van der Waals surface area contributed by atoms with Crippen LogP contribution in [0.4, 0.5) is 10.1 Å². The summed E-state index contributed by atoms with van der Waals surface area (Å²) in [5.74, 6) is -1.70. The second-order valence-corrected chi connectivity index (χ2v) is 5.22. The summed E-state index contributed by atoms with van der Waals surface area (Å²) in [6.45, 7) is -0.619. The topological polar surface area (TPSA) is 73.9 Å². The van der Waals surface area contributed by atoms with Gasteiger partial charge in [-0.2, -0.15) is 0 Å². The summed E-state index contributed by atoms with van der Waals surface area (Å²) in [5, 5.41) is 2.53. The molecule has 0 spiro atoms. The molecular weight excluding hydrogens is 353 g/mol. The lowest BCUT2D eigenvalue weighted by Crippen LogP contribution is -2.22. The smallest absolute Gasteiger partial charge is 0.346 e. The largest absolute Gasteiger partial charge is 0.496 e. The number of amides is 1. The molecule has 0 heterocycles. The van der Waals surface area contributed by atoms with Crippen molar-refractivity contribution >= 4 is 29.2 Å². The maximum atomic E-state index is 13.6. The molecule has 1 N–H and O–H groups in total. The van der Waals surface area contributed by atoms with E-state index >= 15 is 0 Å². The first-order valence-corrected chi connectivity index (χ1v) is 7.47. The Hall–Kier alpha value is -2.80. The van der Waals surface area contributed by atoms with Crippen LogP contribution in [0.25, 0.3) is 0 Å². The average Bonchev–Trinajstić information content (AvgIpc) is 2.61. The number of carbonyl (C=O) groups excluding carboxylic acids is 2. The van der Waals surface area contributed by atoms with E-state index in [4.69, 9.17) is 25.8 Å². The number of rotatable bonds is 6. The van der Waals surface area contributed by atoms with Crippen molar-refractivity contribution in [2.45, 2.75) is 0 Å². The van der Waals surface area contributed by atoms with Gasteiger partial charge in [0.2, 0.25) is 0 Å². The van der Waals surface area contributed by atoms with Gasteiger partial charge >= 0.3 is 5.97 Å². The van der Waals surface area contributed by atoms with Gasteiger partial charge in [-0.15, -0.1) is 0 Å². The van der Waals surface area contributed by atoms with Crippen LogP contribution in [0, 0.1) is 5.82 Å².